The molecule has 1 aliphatic rings. The molecule has 0 radical (unpaired) electrons. The highest BCUT2D eigenvalue weighted by Crippen LogP contribution is 2.40. The maximum absolute atomic E-state index is 10.3. The Bertz CT molecular complexity index is 170. The zero-order valence-electron chi connectivity index (χ0n) is 10.8. The minimum atomic E-state index is -0.0700. The second-order valence-corrected chi connectivity index (χ2v) is 5.86. The summed E-state index contributed by atoms with van der Waals surface area (Å²) in [4.78, 5) is 0. The molecule has 1 aliphatic carbocycles. The average Bonchev–Trinajstić information content (AvgIpc) is 2.19. The summed E-state index contributed by atoms with van der Waals surface area (Å²) in [6, 6.07) is 0. The van der Waals surface area contributed by atoms with Gasteiger partial charge in [0.1, 0.15) is 0 Å². The number of rotatable bonds is 5. The van der Waals surface area contributed by atoms with Gasteiger partial charge in [-0.15, -0.1) is 0 Å². The third-order valence-corrected chi connectivity index (χ3v) is 4.21. The lowest BCUT2D eigenvalue weighted by Gasteiger charge is -2.39. The molecule has 0 heterocycles. The molecule has 1 heteroatoms. The monoisotopic (exact) mass is 212 g/mol. The molecule has 15 heavy (non-hydrogen) atoms. The van der Waals surface area contributed by atoms with E-state index in [1.165, 1.54) is 44.9 Å². The molecular weight excluding hydrogens is 184 g/mol. The fourth-order valence-electron chi connectivity index (χ4n) is 2.97. The van der Waals surface area contributed by atoms with Crippen molar-refractivity contribution in [2.24, 2.45) is 11.3 Å². The number of hydrogen-bond acceptors (Lipinski definition) is 1. The molecule has 0 aromatic heterocycles. The summed E-state index contributed by atoms with van der Waals surface area (Å²) in [5.74, 6) is 0.684. The molecule has 1 N–H and O–H groups in total. The normalized spacial score (nSPS) is 24.8. The molecule has 0 amide bonds. The van der Waals surface area contributed by atoms with Gasteiger partial charge in [0.15, 0.2) is 0 Å². The van der Waals surface area contributed by atoms with Crippen molar-refractivity contribution in [3.05, 3.63) is 0 Å². The molecule has 0 aliphatic heterocycles. The highest BCUT2D eigenvalue weighted by molar-refractivity contribution is 4.85. The first-order valence-corrected chi connectivity index (χ1v) is 6.76. The predicted molar refractivity (Wildman–Crippen MR) is 65.9 cm³/mol. The van der Waals surface area contributed by atoms with Crippen LogP contribution in [-0.2, 0) is 0 Å². The zero-order valence-corrected chi connectivity index (χ0v) is 10.8. The minimum Gasteiger partial charge on any atom is -0.393 e. The van der Waals surface area contributed by atoms with Crippen LogP contribution in [0.5, 0.6) is 0 Å². The molecule has 0 spiro atoms. The molecule has 1 nitrogen and oxygen atoms in total. The van der Waals surface area contributed by atoms with Crippen LogP contribution in [0.4, 0.5) is 0 Å². The van der Waals surface area contributed by atoms with E-state index in [1.807, 2.05) is 0 Å². The van der Waals surface area contributed by atoms with Crippen LogP contribution in [0.2, 0.25) is 0 Å². The van der Waals surface area contributed by atoms with Gasteiger partial charge in [-0.2, -0.15) is 0 Å². The first-order chi connectivity index (χ1) is 7.08. The Morgan fingerprint density at radius 3 is 2.33 bits per heavy atom. The quantitative estimate of drug-likeness (QED) is 0.726. The topological polar surface area (TPSA) is 20.2 Å². The van der Waals surface area contributed by atoms with Gasteiger partial charge < -0.3 is 5.11 Å². The van der Waals surface area contributed by atoms with Crippen LogP contribution in [0.1, 0.15) is 72.1 Å². The molecule has 0 saturated heterocycles. The minimum absolute atomic E-state index is 0.0700. The Balaban J connectivity index is 2.39. The van der Waals surface area contributed by atoms with E-state index in [9.17, 15) is 5.11 Å². The molecule has 2 unspecified atom stereocenters. The Hall–Kier alpha value is -0.0400. The lowest BCUT2D eigenvalue weighted by atomic mass is 9.70. The predicted octanol–water partition coefficient (Wildman–Crippen LogP) is 4.14. The van der Waals surface area contributed by atoms with Gasteiger partial charge in [-0.25, -0.2) is 0 Å². The van der Waals surface area contributed by atoms with E-state index in [-0.39, 0.29) is 11.5 Å². The van der Waals surface area contributed by atoms with E-state index in [4.69, 9.17) is 0 Å². The standard InChI is InChI=1S/C14H28O/c1-4-8-12(2)11-13(15)14(3)9-6-5-7-10-14/h12-13,15H,4-11H2,1-3H3. The fraction of sp³-hybridized carbons (Fsp3) is 1.00. The summed E-state index contributed by atoms with van der Waals surface area (Å²) in [6.07, 6.45) is 9.89. The summed E-state index contributed by atoms with van der Waals surface area (Å²) in [7, 11) is 0. The summed E-state index contributed by atoms with van der Waals surface area (Å²) in [6.45, 7) is 6.79. The molecule has 90 valence electrons. The van der Waals surface area contributed by atoms with Crippen molar-refractivity contribution in [3.8, 4) is 0 Å². The van der Waals surface area contributed by atoms with Crippen molar-refractivity contribution >= 4 is 0 Å². The highest BCUT2D eigenvalue weighted by atomic mass is 16.3. The van der Waals surface area contributed by atoms with Gasteiger partial charge >= 0.3 is 0 Å². The molecule has 1 rings (SSSR count). The van der Waals surface area contributed by atoms with Gasteiger partial charge in [-0.05, 0) is 30.6 Å². The fourth-order valence-corrected chi connectivity index (χ4v) is 2.97. The molecule has 0 aromatic rings. The van der Waals surface area contributed by atoms with Gasteiger partial charge in [-0.3, -0.25) is 0 Å². The lowest BCUT2D eigenvalue weighted by Crippen LogP contribution is -2.35. The molecule has 0 bridgehead atoms. The smallest absolute Gasteiger partial charge is 0.0596 e. The SMILES string of the molecule is CCCC(C)CC(O)C1(C)CCCCC1. The highest BCUT2D eigenvalue weighted by Gasteiger charge is 2.34. The van der Waals surface area contributed by atoms with Crippen molar-refractivity contribution in [1.82, 2.24) is 0 Å². The van der Waals surface area contributed by atoms with Crippen LogP contribution in [0, 0.1) is 11.3 Å². The van der Waals surface area contributed by atoms with E-state index >= 15 is 0 Å². The second kappa shape index (κ2) is 5.89. The molecule has 0 aromatic carbocycles. The van der Waals surface area contributed by atoms with Crippen LogP contribution in [0.15, 0.2) is 0 Å². The third kappa shape index (κ3) is 3.79. The number of hydrogen-bond donors (Lipinski definition) is 1. The first kappa shape index (κ1) is 13.0. The zero-order chi connectivity index (χ0) is 11.3. The van der Waals surface area contributed by atoms with Crippen LogP contribution in [0.3, 0.4) is 0 Å². The van der Waals surface area contributed by atoms with Crippen LogP contribution >= 0.6 is 0 Å². The van der Waals surface area contributed by atoms with E-state index in [1.54, 1.807) is 0 Å². The first-order valence-electron chi connectivity index (χ1n) is 6.76. The molecule has 1 saturated carbocycles. The second-order valence-electron chi connectivity index (χ2n) is 5.86. The van der Waals surface area contributed by atoms with Crippen LogP contribution in [-0.4, -0.2) is 11.2 Å². The summed E-state index contributed by atoms with van der Waals surface area (Å²) >= 11 is 0. The largest absolute Gasteiger partial charge is 0.393 e. The van der Waals surface area contributed by atoms with E-state index < -0.39 is 0 Å². The summed E-state index contributed by atoms with van der Waals surface area (Å²) < 4.78 is 0. The Labute approximate surface area is 95.3 Å². The van der Waals surface area contributed by atoms with E-state index in [2.05, 4.69) is 20.8 Å². The van der Waals surface area contributed by atoms with E-state index in [0.717, 1.165) is 6.42 Å². The van der Waals surface area contributed by atoms with Gasteiger partial charge in [0, 0.05) is 0 Å². The summed E-state index contributed by atoms with van der Waals surface area (Å²) in [5, 5.41) is 10.3. The van der Waals surface area contributed by atoms with Crippen molar-refractivity contribution in [3.63, 3.8) is 0 Å². The number of aliphatic hydroxyl groups excluding tert-OH is 1. The third-order valence-electron chi connectivity index (χ3n) is 4.21. The Morgan fingerprint density at radius 1 is 1.20 bits per heavy atom. The van der Waals surface area contributed by atoms with Crippen molar-refractivity contribution in [2.45, 2.75) is 78.2 Å². The maximum Gasteiger partial charge on any atom is 0.0596 e. The van der Waals surface area contributed by atoms with Gasteiger partial charge in [0.2, 0.25) is 0 Å². The molecule has 2 atom stereocenters. The van der Waals surface area contributed by atoms with Crippen molar-refractivity contribution < 1.29 is 5.11 Å². The molecular formula is C14H28O. The summed E-state index contributed by atoms with van der Waals surface area (Å²) in [5.41, 5.74) is 0.222. The number of aliphatic hydroxyl groups is 1. The average molecular weight is 212 g/mol. The van der Waals surface area contributed by atoms with E-state index in [0.29, 0.717) is 5.92 Å². The van der Waals surface area contributed by atoms with Gasteiger partial charge in [0.25, 0.3) is 0 Å². The Kier molecular flexibility index (Phi) is 5.11. The van der Waals surface area contributed by atoms with Crippen molar-refractivity contribution in [1.29, 1.82) is 0 Å². The van der Waals surface area contributed by atoms with Crippen LogP contribution in [0.25, 0.3) is 0 Å². The Morgan fingerprint density at radius 2 is 1.80 bits per heavy atom. The van der Waals surface area contributed by atoms with Crippen LogP contribution < -0.4 is 0 Å². The van der Waals surface area contributed by atoms with Gasteiger partial charge in [-0.1, -0.05) is 52.9 Å². The van der Waals surface area contributed by atoms with Gasteiger partial charge in [0.05, 0.1) is 6.10 Å². The maximum atomic E-state index is 10.3. The molecule has 1 fully saturated rings. The van der Waals surface area contributed by atoms with Crippen molar-refractivity contribution in [2.75, 3.05) is 0 Å². The lowest BCUT2D eigenvalue weighted by molar-refractivity contribution is -0.00559.